The van der Waals surface area contributed by atoms with Gasteiger partial charge in [0.1, 0.15) is 0 Å². The van der Waals surface area contributed by atoms with E-state index in [1.54, 1.807) is 12.4 Å². The van der Waals surface area contributed by atoms with Gasteiger partial charge in [0.2, 0.25) is 0 Å². The molecule has 2 rings (SSSR count). The predicted molar refractivity (Wildman–Crippen MR) is 65.5 cm³/mol. The Morgan fingerprint density at radius 3 is 3.06 bits per heavy atom. The van der Waals surface area contributed by atoms with Crippen LogP contribution in [-0.2, 0) is 11.2 Å². The van der Waals surface area contributed by atoms with E-state index in [1.165, 1.54) is 18.4 Å². The Morgan fingerprint density at radius 2 is 2.41 bits per heavy atom. The van der Waals surface area contributed by atoms with Crippen molar-refractivity contribution in [3.63, 3.8) is 0 Å². The molecular formula is C11H9ClN2O2S. The summed E-state index contributed by atoms with van der Waals surface area (Å²) in [7, 11) is 1.32. The number of halogens is 1. The summed E-state index contributed by atoms with van der Waals surface area (Å²) in [5.41, 5.74) is 1.02. The average molecular weight is 269 g/mol. The van der Waals surface area contributed by atoms with Crippen molar-refractivity contribution >= 4 is 28.9 Å². The van der Waals surface area contributed by atoms with Crippen molar-refractivity contribution in [3.05, 3.63) is 45.1 Å². The zero-order valence-electron chi connectivity index (χ0n) is 9.01. The van der Waals surface area contributed by atoms with E-state index in [0.717, 1.165) is 10.6 Å². The van der Waals surface area contributed by atoms with Gasteiger partial charge in [0.15, 0.2) is 10.0 Å². The number of carbonyl (C=O) groups is 1. The Kier molecular flexibility index (Phi) is 3.71. The second-order valence-corrected chi connectivity index (χ2v) is 4.70. The van der Waals surface area contributed by atoms with Gasteiger partial charge in [0.25, 0.3) is 0 Å². The fourth-order valence-corrected chi connectivity index (χ4v) is 2.57. The largest absolute Gasteiger partial charge is 0.465 e. The van der Waals surface area contributed by atoms with E-state index < -0.39 is 5.97 Å². The van der Waals surface area contributed by atoms with E-state index in [1.807, 2.05) is 12.1 Å². The lowest BCUT2D eigenvalue weighted by Crippen LogP contribution is -1.98. The van der Waals surface area contributed by atoms with Gasteiger partial charge in [0.05, 0.1) is 12.1 Å². The number of esters is 1. The first-order chi connectivity index (χ1) is 8.20. The van der Waals surface area contributed by atoms with Crippen molar-refractivity contribution in [2.24, 2.45) is 0 Å². The summed E-state index contributed by atoms with van der Waals surface area (Å²) in [6.07, 6.45) is 4.07. The van der Waals surface area contributed by atoms with Crippen LogP contribution in [0.25, 0.3) is 0 Å². The normalized spacial score (nSPS) is 10.2. The maximum atomic E-state index is 11.4. The zero-order valence-corrected chi connectivity index (χ0v) is 10.6. The third-order valence-corrected chi connectivity index (χ3v) is 3.50. The molecule has 0 saturated carbocycles. The van der Waals surface area contributed by atoms with E-state index in [0.29, 0.717) is 11.3 Å². The minimum absolute atomic E-state index is 0.195. The Balaban J connectivity index is 2.21. The lowest BCUT2D eigenvalue weighted by Gasteiger charge is -1.95. The van der Waals surface area contributed by atoms with Gasteiger partial charge >= 0.3 is 5.97 Å². The van der Waals surface area contributed by atoms with Gasteiger partial charge in [-0.2, -0.15) is 0 Å². The van der Waals surface area contributed by atoms with Crippen LogP contribution in [0.5, 0.6) is 0 Å². The zero-order chi connectivity index (χ0) is 12.3. The number of aromatic nitrogens is 2. The van der Waals surface area contributed by atoms with E-state index in [9.17, 15) is 4.79 Å². The van der Waals surface area contributed by atoms with Crippen LogP contribution in [0, 0.1) is 0 Å². The van der Waals surface area contributed by atoms with Crippen molar-refractivity contribution in [1.29, 1.82) is 0 Å². The topological polar surface area (TPSA) is 52.1 Å². The molecule has 0 aliphatic rings. The number of carbonyl (C=O) groups excluding carboxylic acids is 1. The molecule has 0 saturated heterocycles. The van der Waals surface area contributed by atoms with Crippen LogP contribution in [0.4, 0.5) is 0 Å². The maximum Gasteiger partial charge on any atom is 0.351 e. The Bertz CT molecular complexity index is 528. The van der Waals surface area contributed by atoms with Crippen LogP contribution in [0.1, 0.15) is 20.2 Å². The Morgan fingerprint density at radius 1 is 1.59 bits per heavy atom. The second-order valence-electron chi connectivity index (χ2n) is 3.26. The third-order valence-electron chi connectivity index (χ3n) is 2.08. The van der Waals surface area contributed by atoms with Crippen molar-refractivity contribution in [2.45, 2.75) is 6.42 Å². The van der Waals surface area contributed by atoms with Gasteiger partial charge in [-0.25, -0.2) is 9.78 Å². The molecule has 0 atom stereocenters. The lowest BCUT2D eigenvalue weighted by molar-refractivity contribution is 0.0606. The smallest absolute Gasteiger partial charge is 0.351 e. The van der Waals surface area contributed by atoms with Gasteiger partial charge in [-0.1, -0.05) is 17.7 Å². The highest BCUT2D eigenvalue weighted by Crippen LogP contribution is 2.25. The molecule has 0 fully saturated rings. The lowest BCUT2D eigenvalue weighted by atomic mass is 10.2. The summed E-state index contributed by atoms with van der Waals surface area (Å²) in [4.78, 5) is 19.8. The first kappa shape index (κ1) is 12.0. The molecule has 88 valence electrons. The van der Waals surface area contributed by atoms with Crippen LogP contribution in [-0.4, -0.2) is 23.0 Å². The number of rotatable bonds is 3. The number of thiazole rings is 1. The van der Waals surface area contributed by atoms with E-state index in [-0.39, 0.29) is 5.15 Å². The highest BCUT2D eigenvalue weighted by molar-refractivity contribution is 7.14. The van der Waals surface area contributed by atoms with Crippen LogP contribution in [0.3, 0.4) is 0 Å². The Labute approximate surface area is 107 Å². The van der Waals surface area contributed by atoms with Gasteiger partial charge in [0, 0.05) is 18.8 Å². The number of hydrogen-bond donors (Lipinski definition) is 0. The van der Waals surface area contributed by atoms with Gasteiger partial charge in [-0.3, -0.25) is 4.98 Å². The molecule has 4 nitrogen and oxygen atoms in total. The summed E-state index contributed by atoms with van der Waals surface area (Å²) in [6.45, 7) is 0. The molecule has 0 amide bonds. The maximum absolute atomic E-state index is 11.4. The van der Waals surface area contributed by atoms with E-state index in [4.69, 9.17) is 11.6 Å². The van der Waals surface area contributed by atoms with Crippen molar-refractivity contribution in [2.75, 3.05) is 7.11 Å². The molecule has 0 N–H and O–H groups in total. The molecular weight excluding hydrogens is 260 g/mol. The molecule has 0 bridgehead atoms. The predicted octanol–water partition coefficient (Wildman–Crippen LogP) is 2.57. The molecule has 2 aromatic rings. The molecule has 0 radical (unpaired) electrons. The molecule has 2 aromatic heterocycles. The molecule has 0 aromatic carbocycles. The molecule has 17 heavy (non-hydrogen) atoms. The molecule has 0 aliphatic carbocycles. The second kappa shape index (κ2) is 5.25. The minimum Gasteiger partial charge on any atom is -0.465 e. The first-order valence-corrected chi connectivity index (χ1v) is 6.02. The van der Waals surface area contributed by atoms with Crippen molar-refractivity contribution < 1.29 is 9.53 Å². The fourth-order valence-electron chi connectivity index (χ4n) is 1.31. The summed E-state index contributed by atoms with van der Waals surface area (Å²) in [5.74, 6) is -0.454. The number of pyridine rings is 1. The van der Waals surface area contributed by atoms with Crippen molar-refractivity contribution in [1.82, 2.24) is 9.97 Å². The summed E-state index contributed by atoms with van der Waals surface area (Å²) >= 11 is 7.11. The fraction of sp³-hybridized carbons (Fsp3) is 0.182. The monoisotopic (exact) mass is 268 g/mol. The van der Waals surface area contributed by atoms with E-state index >= 15 is 0 Å². The standard InChI is InChI=1S/C11H9ClN2O2S/c1-16-11(15)9-10(12)14-8(17-9)5-7-3-2-4-13-6-7/h2-4,6H,5H2,1H3. The summed E-state index contributed by atoms with van der Waals surface area (Å²) in [5, 5.41) is 0.962. The van der Waals surface area contributed by atoms with Crippen LogP contribution in [0.15, 0.2) is 24.5 Å². The highest BCUT2D eigenvalue weighted by Gasteiger charge is 2.17. The molecule has 0 spiro atoms. The Hall–Kier alpha value is -1.46. The number of ether oxygens (including phenoxy) is 1. The quantitative estimate of drug-likeness (QED) is 0.803. The van der Waals surface area contributed by atoms with Crippen LogP contribution < -0.4 is 0 Å². The SMILES string of the molecule is COC(=O)c1sc(Cc2cccnc2)nc1Cl. The first-order valence-electron chi connectivity index (χ1n) is 4.83. The van der Waals surface area contributed by atoms with Gasteiger partial charge < -0.3 is 4.74 Å². The van der Waals surface area contributed by atoms with Crippen molar-refractivity contribution in [3.8, 4) is 0 Å². The number of nitrogens with zero attached hydrogens (tertiary/aromatic N) is 2. The van der Waals surface area contributed by atoms with Gasteiger partial charge in [-0.05, 0) is 11.6 Å². The minimum atomic E-state index is -0.454. The molecule has 6 heteroatoms. The summed E-state index contributed by atoms with van der Waals surface area (Å²) < 4.78 is 4.62. The van der Waals surface area contributed by atoms with E-state index in [2.05, 4.69) is 14.7 Å². The average Bonchev–Trinajstić information content (AvgIpc) is 2.70. The number of methoxy groups -OCH3 is 1. The molecule has 2 heterocycles. The highest BCUT2D eigenvalue weighted by atomic mass is 35.5. The molecule has 0 unspecified atom stereocenters. The molecule has 0 aliphatic heterocycles. The van der Waals surface area contributed by atoms with Crippen LogP contribution in [0.2, 0.25) is 5.15 Å². The number of hydrogen-bond acceptors (Lipinski definition) is 5. The summed E-state index contributed by atoms with van der Waals surface area (Å²) in [6, 6.07) is 3.80. The van der Waals surface area contributed by atoms with Crippen LogP contribution >= 0.6 is 22.9 Å². The van der Waals surface area contributed by atoms with Gasteiger partial charge in [-0.15, -0.1) is 11.3 Å². The third kappa shape index (κ3) is 2.81.